The largest absolute Gasteiger partial charge is 0.478 e. The third-order valence-electron chi connectivity index (χ3n) is 2.52. The Morgan fingerprint density at radius 3 is 2.53 bits per heavy atom. The van der Waals surface area contributed by atoms with Gasteiger partial charge in [0.1, 0.15) is 0 Å². The number of rotatable bonds is 2. The van der Waals surface area contributed by atoms with Gasteiger partial charge < -0.3 is 15.5 Å². The fraction of sp³-hybridized carbons (Fsp3) is 0.600. The summed E-state index contributed by atoms with van der Waals surface area (Å²) in [5, 5.41) is 21.1. The molecule has 0 aromatic carbocycles. The number of hydrogen-bond donors (Lipinski definition) is 3. The number of amides is 1. The molecule has 1 aliphatic carbocycles. The van der Waals surface area contributed by atoms with Crippen molar-refractivity contribution in [3.05, 3.63) is 11.6 Å². The van der Waals surface area contributed by atoms with E-state index in [1.165, 1.54) is 6.92 Å². The summed E-state index contributed by atoms with van der Waals surface area (Å²) in [6.45, 7) is 3.14. The van der Waals surface area contributed by atoms with Crippen LogP contribution < -0.4 is 5.32 Å². The summed E-state index contributed by atoms with van der Waals surface area (Å²) in [6.07, 6.45) is 0.820. The summed E-state index contributed by atoms with van der Waals surface area (Å²) in [5.41, 5.74) is 0.205. The van der Waals surface area contributed by atoms with Crippen molar-refractivity contribution in [2.45, 2.75) is 32.4 Å². The Morgan fingerprint density at radius 1 is 1.53 bits per heavy atom. The molecule has 0 aliphatic heterocycles. The van der Waals surface area contributed by atoms with Gasteiger partial charge in [-0.3, -0.25) is 4.79 Å². The lowest BCUT2D eigenvalue weighted by molar-refractivity contribution is -0.133. The lowest BCUT2D eigenvalue weighted by Gasteiger charge is -2.31. The Hall–Kier alpha value is -1.36. The lowest BCUT2D eigenvalue weighted by Crippen LogP contribution is -2.48. The fourth-order valence-electron chi connectivity index (χ4n) is 1.81. The van der Waals surface area contributed by atoms with Crippen LogP contribution in [0.15, 0.2) is 11.6 Å². The molecule has 0 aromatic heterocycles. The van der Waals surface area contributed by atoms with Gasteiger partial charge in [0.15, 0.2) is 0 Å². The quantitative estimate of drug-likeness (QED) is 0.598. The molecule has 3 atom stereocenters. The Morgan fingerprint density at radius 2 is 2.13 bits per heavy atom. The van der Waals surface area contributed by atoms with Crippen LogP contribution in [0.3, 0.4) is 0 Å². The van der Waals surface area contributed by atoms with Crippen LogP contribution >= 0.6 is 0 Å². The monoisotopic (exact) mass is 213 g/mol. The highest BCUT2D eigenvalue weighted by Gasteiger charge is 2.32. The normalized spacial score (nSPS) is 30.6. The predicted molar refractivity (Wildman–Crippen MR) is 53.1 cm³/mol. The summed E-state index contributed by atoms with van der Waals surface area (Å²) in [4.78, 5) is 21.6. The zero-order valence-corrected chi connectivity index (χ0v) is 8.73. The Bertz CT molecular complexity index is 311. The average Bonchev–Trinajstić information content (AvgIpc) is 2.10. The summed E-state index contributed by atoms with van der Waals surface area (Å²) < 4.78 is 0. The van der Waals surface area contributed by atoms with Gasteiger partial charge in [0.05, 0.1) is 12.1 Å². The van der Waals surface area contributed by atoms with Crippen LogP contribution in [0, 0.1) is 5.92 Å². The van der Waals surface area contributed by atoms with Crippen molar-refractivity contribution in [3.63, 3.8) is 0 Å². The van der Waals surface area contributed by atoms with Crippen LogP contribution in [-0.4, -0.2) is 34.2 Å². The molecule has 0 saturated heterocycles. The molecule has 0 fully saturated rings. The highest BCUT2D eigenvalue weighted by atomic mass is 16.4. The number of carboxylic acids is 1. The summed E-state index contributed by atoms with van der Waals surface area (Å²) >= 11 is 0. The molecule has 3 unspecified atom stereocenters. The summed E-state index contributed by atoms with van der Waals surface area (Å²) in [7, 11) is 0. The van der Waals surface area contributed by atoms with Crippen molar-refractivity contribution in [3.8, 4) is 0 Å². The summed E-state index contributed by atoms with van der Waals surface area (Å²) in [5.74, 6) is -1.41. The molecule has 15 heavy (non-hydrogen) atoms. The maximum absolute atomic E-state index is 10.9. The van der Waals surface area contributed by atoms with Gasteiger partial charge in [0.25, 0.3) is 0 Å². The lowest BCUT2D eigenvalue weighted by atomic mass is 9.85. The fourth-order valence-corrected chi connectivity index (χ4v) is 1.81. The van der Waals surface area contributed by atoms with Gasteiger partial charge in [-0.1, -0.05) is 13.0 Å². The number of aliphatic carboxylic acids is 1. The number of carbonyl (C=O) groups excluding carboxylic acids is 1. The number of nitrogens with one attached hydrogen (secondary N) is 1. The first kappa shape index (κ1) is 11.7. The SMILES string of the molecule is CC(=O)NC1C(C)C=C(C(=O)O)CC1O. The molecule has 84 valence electrons. The predicted octanol–water partition coefficient (Wildman–Crippen LogP) is -0.0972. The van der Waals surface area contributed by atoms with E-state index in [1.807, 2.05) is 0 Å². The molecule has 0 radical (unpaired) electrons. The van der Waals surface area contributed by atoms with Gasteiger partial charge in [-0.2, -0.15) is 0 Å². The molecule has 5 heteroatoms. The van der Waals surface area contributed by atoms with Crippen molar-refractivity contribution < 1.29 is 19.8 Å². The van der Waals surface area contributed by atoms with Gasteiger partial charge in [-0.05, 0) is 5.92 Å². The van der Waals surface area contributed by atoms with Gasteiger partial charge in [0, 0.05) is 18.9 Å². The zero-order chi connectivity index (χ0) is 11.6. The minimum absolute atomic E-state index is 0.0740. The van der Waals surface area contributed by atoms with E-state index in [2.05, 4.69) is 5.32 Å². The maximum atomic E-state index is 10.9. The van der Waals surface area contributed by atoms with Gasteiger partial charge in [-0.25, -0.2) is 4.79 Å². The molecule has 0 spiro atoms. The first-order chi connectivity index (χ1) is 6.91. The molecule has 3 N–H and O–H groups in total. The minimum atomic E-state index is -1.01. The van der Waals surface area contributed by atoms with E-state index in [0.29, 0.717) is 0 Å². The molecule has 0 bridgehead atoms. The van der Waals surface area contributed by atoms with Crippen LogP contribution in [0.4, 0.5) is 0 Å². The summed E-state index contributed by atoms with van der Waals surface area (Å²) in [6, 6.07) is -0.398. The first-order valence-corrected chi connectivity index (χ1v) is 4.81. The Kier molecular flexibility index (Phi) is 3.47. The number of aliphatic hydroxyl groups is 1. The van der Waals surface area contributed by atoms with Crippen molar-refractivity contribution in [2.75, 3.05) is 0 Å². The molecule has 1 amide bonds. The molecule has 1 aliphatic rings. The van der Waals surface area contributed by atoms with Gasteiger partial charge in [-0.15, -0.1) is 0 Å². The third-order valence-corrected chi connectivity index (χ3v) is 2.52. The van der Waals surface area contributed by atoms with Crippen molar-refractivity contribution >= 4 is 11.9 Å². The Labute approximate surface area is 87.8 Å². The standard InChI is InChI=1S/C10H15NO4/c1-5-3-7(10(14)15)4-8(13)9(5)11-6(2)12/h3,5,8-9,13H,4H2,1-2H3,(H,11,12)(H,14,15). The highest BCUT2D eigenvalue weighted by molar-refractivity contribution is 5.87. The Balaban J connectivity index is 2.80. The van der Waals surface area contributed by atoms with Crippen molar-refractivity contribution in [1.29, 1.82) is 0 Å². The number of hydrogen-bond acceptors (Lipinski definition) is 3. The van der Waals surface area contributed by atoms with Crippen LogP contribution in [0.1, 0.15) is 20.3 Å². The van der Waals surface area contributed by atoms with E-state index in [-0.39, 0.29) is 23.8 Å². The molecular weight excluding hydrogens is 198 g/mol. The third kappa shape index (κ3) is 2.79. The zero-order valence-electron chi connectivity index (χ0n) is 8.73. The van der Waals surface area contributed by atoms with Crippen LogP contribution in [-0.2, 0) is 9.59 Å². The smallest absolute Gasteiger partial charge is 0.331 e. The molecule has 0 heterocycles. The van der Waals surface area contributed by atoms with Crippen LogP contribution in [0.5, 0.6) is 0 Å². The minimum Gasteiger partial charge on any atom is -0.478 e. The highest BCUT2D eigenvalue weighted by Crippen LogP contribution is 2.23. The van der Waals surface area contributed by atoms with Crippen molar-refractivity contribution in [2.24, 2.45) is 5.92 Å². The molecule has 0 saturated carbocycles. The topological polar surface area (TPSA) is 86.6 Å². The number of aliphatic hydroxyl groups excluding tert-OH is 1. The number of carbonyl (C=O) groups is 2. The van der Waals surface area contributed by atoms with Crippen molar-refractivity contribution in [1.82, 2.24) is 5.32 Å². The van der Waals surface area contributed by atoms with E-state index in [9.17, 15) is 14.7 Å². The molecule has 0 aromatic rings. The van der Waals surface area contributed by atoms with E-state index in [4.69, 9.17) is 5.11 Å². The maximum Gasteiger partial charge on any atom is 0.331 e. The van der Waals surface area contributed by atoms with E-state index in [0.717, 1.165) is 0 Å². The van der Waals surface area contributed by atoms with Crippen LogP contribution in [0.25, 0.3) is 0 Å². The molecule has 1 rings (SSSR count). The average molecular weight is 213 g/mol. The molecule has 5 nitrogen and oxygen atoms in total. The van der Waals surface area contributed by atoms with E-state index in [1.54, 1.807) is 13.0 Å². The van der Waals surface area contributed by atoms with Gasteiger partial charge >= 0.3 is 5.97 Å². The van der Waals surface area contributed by atoms with E-state index < -0.39 is 18.1 Å². The number of carboxylic acid groups (broad SMARTS) is 1. The second-order valence-corrected chi connectivity index (χ2v) is 3.85. The van der Waals surface area contributed by atoms with Gasteiger partial charge in [0.2, 0.25) is 5.91 Å². The van der Waals surface area contributed by atoms with Crippen LogP contribution in [0.2, 0.25) is 0 Å². The second kappa shape index (κ2) is 4.44. The second-order valence-electron chi connectivity index (χ2n) is 3.85. The van der Waals surface area contributed by atoms with E-state index >= 15 is 0 Å². The first-order valence-electron chi connectivity index (χ1n) is 4.81. The molecular formula is C10H15NO4.